The smallest absolute Gasteiger partial charge is 0.206 e. The third-order valence-electron chi connectivity index (χ3n) is 5.44. The van der Waals surface area contributed by atoms with Crippen LogP contribution in [0.2, 0.25) is 0 Å². The first kappa shape index (κ1) is 25.7. The standard InChI is InChI=1S/C27H31N5S3/c1-3-5-7-8-18-33-23-16-14-22(15-17-23)30-32-27-28-26-24(34-27)19-25(35-26)31-29-21-12-10-20(11-13-21)9-6-4-2/h10-17,19H,3-9,18H2,1-2H3. The Balaban J connectivity index is 1.30. The summed E-state index contributed by atoms with van der Waals surface area (Å²) in [4.78, 5) is 6.80. The number of thiazole rings is 1. The molecular formula is C27H31N5S3. The minimum atomic E-state index is 0.659. The number of thiophene rings is 1. The lowest BCUT2D eigenvalue weighted by atomic mass is 10.1. The number of unbranched alkanes of at least 4 members (excludes halogenated alkanes) is 4. The van der Waals surface area contributed by atoms with Crippen LogP contribution < -0.4 is 0 Å². The zero-order valence-corrected chi connectivity index (χ0v) is 22.8. The van der Waals surface area contributed by atoms with Crippen molar-refractivity contribution in [2.75, 3.05) is 5.75 Å². The molecule has 4 rings (SSSR count). The average molecular weight is 522 g/mol. The van der Waals surface area contributed by atoms with Gasteiger partial charge < -0.3 is 0 Å². The summed E-state index contributed by atoms with van der Waals surface area (Å²) in [6, 6.07) is 18.6. The summed E-state index contributed by atoms with van der Waals surface area (Å²) in [6.45, 7) is 4.46. The minimum absolute atomic E-state index is 0.659. The molecule has 0 bridgehead atoms. The maximum Gasteiger partial charge on any atom is 0.231 e. The van der Waals surface area contributed by atoms with Crippen LogP contribution in [0.4, 0.5) is 21.5 Å². The lowest BCUT2D eigenvalue weighted by Gasteiger charge is -2.01. The van der Waals surface area contributed by atoms with Gasteiger partial charge in [-0.1, -0.05) is 74.3 Å². The molecule has 0 N–H and O–H groups in total. The Morgan fingerprint density at radius 1 is 0.743 bits per heavy atom. The Hall–Kier alpha value is -2.42. The molecule has 5 nitrogen and oxygen atoms in total. The van der Waals surface area contributed by atoms with E-state index >= 15 is 0 Å². The molecule has 0 aliphatic heterocycles. The van der Waals surface area contributed by atoms with E-state index in [1.807, 2.05) is 42.1 Å². The maximum absolute atomic E-state index is 4.60. The van der Waals surface area contributed by atoms with Gasteiger partial charge >= 0.3 is 0 Å². The molecule has 2 aromatic carbocycles. The van der Waals surface area contributed by atoms with Gasteiger partial charge in [0.2, 0.25) is 5.13 Å². The summed E-state index contributed by atoms with van der Waals surface area (Å²) in [5.41, 5.74) is 3.06. The van der Waals surface area contributed by atoms with Crippen molar-refractivity contribution in [1.82, 2.24) is 4.98 Å². The van der Waals surface area contributed by atoms with Crippen LogP contribution in [0, 0.1) is 0 Å². The Bertz CT molecular complexity index is 1210. The second-order valence-corrected chi connectivity index (χ2v) is 11.5. The van der Waals surface area contributed by atoms with Crippen LogP contribution >= 0.6 is 34.4 Å². The number of thioether (sulfide) groups is 1. The molecule has 182 valence electrons. The summed E-state index contributed by atoms with van der Waals surface area (Å²) in [5, 5.41) is 19.0. The first-order valence-electron chi connectivity index (χ1n) is 12.3. The molecule has 2 heterocycles. The summed E-state index contributed by atoms with van der Waals surface area (Å²) < 4.78 is 1.06. The topological polar surface area (TPSA) is 62.3 Å². The van der Waals surface area contributed by atoms with Crippen molar-refractivity contribution >= 4 is 65.5 Å². The molecule has 0 atom stereocenters. The summed E-state index contributed by atoms with van der Waals surface area (Å²) in [7, 11) is 0. The van der Waals surface area contributed by atoms with Crippen LogP contribution in [-0.2, 0) is 6.42 Å². The highest BCUT2D eigenvalue weighted by atomic mass is 32.2. The Morgan fingerprint density at radius 3 is 2.17 bits per heavy atom. The van der Waals surface area contributed by atoms with E-state index < -0.39 is 0 Å². The molecule has 0 fully saturated rings. The number of rotatable bonds is 13. The van der Waals surface area contributed by atoms with Crippen molar-refractivity contribution in [2.45, 2.75) is 63.7 Å². The highest BCUT2D eigenvalue weighted by Crippen LogP contribution is 2.39. The van der Waals surface area contributed by atoms with E-state index in [1.54, 1.807) is 0 Å². The number of aryl methyl sites for hydroxylation is 1. The van der Waals surface area contributed by atoms with Crippen LogP contribution in [0.15, 0.2) is 79.9 Å². The van der Waals surface area contributed by atoms with Crippen LogP contribution in [0.3, 0.4) is 0 Å². The van der Waals surface area contributed by atoms with Gasteiger partial charge in [0.05, 0.1) is 16.1 Å². The molecule has 8 heteroatoms. The third-order valence-corrected chi connectivity index (χ3v) is 8.47. The molecular weight excluding hydrogens is 491 g/mol. The fourth-order valence-corrected chi connectivity index (χ4v) is 6.21. The summed E-state index contributed by atoms with van der Waals surface area (Å²) in [6.07, 6.45) is 8.74. The van der Waals surface area contributed by atoms with Crippen LogP contribution in [-0.4, -0.2) is 10.7 Å². The molecule has 0 radical (unpaired) electrons. The van der Waals surface area contributed by atoms with E-state index in [0.717, 1.165) is 32.3 Å². The number of fused-ring (bicyclic) bond motifs is 1. The quantitative estimate of drug-likeness (QED) is 0.0997. The van der Waals surface area contributed by atoms with Crippen molar-refractivity contribution in [1.29, 1.82) is 0 Å². The number of azo groups is 2. The van der Waals surface area contributed by atoms with Gasteiger partial charge in [-0.3, -0.25) is 0 Å². The van der Waals surface area contributed by atoms with Crippen molar-refractivity contribution in [3.05, 3.63) is 60.2 Å². The maximum atomic E-state index is 4.60. The minimum Gasteiger partial charge on any atom is -0.206 e. The fraction of sp³-hybridized carbons (Fsp3) is 0.370. The molecule has 2 aromatic heterocycles. The van der Waals surface area contributed by atoms with E-state index in [1.165, 1.54) is 77.4 Å². The van der Waals surface area contributed by atoms with Gasteiger partial charge in [0, 0.05) is 4.90 Å². The molecule has 0 amide bonds. The van der Waals surface area contributed by atoms with Crippen LogP contribution in [0.1, 0.15) is 57.9 Å². The van der Waals surface area contributed by atoms with Crippen molar-refractivity contribution in [3.8, 4) is 0 Å². The first-order chi connectivity index (χ1) is 17.2. The van der Waals surface area contributed by atoms with Gasteiger partial charge in [-0.25, -0.2) is 4.98 Å². The molecule has 4 aromatic rings. The molecule has 35 heavy (non-hydrogen) atoms. The predicted molar refractivity (Wildman–Crippen MR) is 152 cm³/mol. The van der Waals surface area contributed by atoms with Gasteiger partial charge in [0.15, 0.2) is 0 Å². The van der Waals surface area contributed by atoms with E-state index in [-0.39, 0.29) is 0 Å². The highest BCUT2D eigenvalue weighted by molar-refractivity contribution is 7.99. The SMILES string of the molecule is CCCCCCSc1ccc(N=Nc2nc3sc(N=Nc4ccc(CCCC)cc4)cc3s2)cc1. The number of nitrogens with zero attached hydrogens (tertiary/aromatic N) is 5. The molecule has 0 unspecified atom stereocenters. The van der Waals surface area contributed by atoms with Crippen LogP contribution in [0.25, 0.3) is 9.53 Å². The van der Waals surface area contributed by atoms with E-state index in [4.69, 9.17) is 0 Å². The number of benzene rings is 2. The number of hydrogen-bond donors (Lipinski definition) is 0. The second kappa shape index (κ2) is 13.6. The lowest BCUT2D eigenvalue weighted by molar-refractivity contribution is 0.706. The highest BCUT2D eigenvalue weighted by Gasteiger charge is 2.08. The Kier molecular flexibility index (Phi) is 9.98. The van der Waals surface area contributed by atoms with Gasteiger partial charge in [-0.15, -0.1) is 32.2 Å². The summed E-state index contributed by atoms with van der Waals surface area (Å²) in [5.74, 6) is 1.17. The number of hydrogen-bond acceptors (Lipinski definition) is 8. The zero-order chi connectivity index (χ0) is 24.3. The largest absolute Gasteiger partial charge is 0.231 e. The third kappa shape index (κ3) is 8.05. The second-order valence-electron chi connectivity index (χ2n) is 8.32. The van der Waals surface area contributed by atoms with Crippen molar-refractivity contribution < 1.29 is 0 Å². The first-order valence-corrected chi connectivity index (χ1v) is 14.9. The molecule has 0 saturated carbocycles. The van der Waals surface area contributed by atoms with Gasteiger partial charge in [-0.2, -0.15) is 0 Å². The Morgan fingerprint density at radius 2 is 1.46 bits per heavy atom. The van der Waals surface area contributed by atoms with E-state index in [0.29, 0.717) is 5.13 Å². The van der Waals surface area contributed by atoms with Crippen molar-refractivity contribution in [3.63, 3.8) is 0 Å². The average Bonchev–Trinajstić information content (AvgIpc) is 3.45. The van der Waals surface area contributed by atoms with E-state index in [9.17, 15) is 0 Å². The summed E-state index contributed by atoms with van der Waals surface area (Å²) >= 11 is 4.95. The fourth-order valence-electron chi connectivity index (χ4n) is 3.45. The molecule has 0 aliphatic rings. The molecule has 0 saturated heterocycles. The zero-order valence-electron chi connectivity index (χ0n) is 20.3. The monoisotopic (exact) mass is 521 g/mol. The van der Waals surface area contributed by atoms with Crippen molar-refractivity contribution in [2.24, 2.45) is 20.5 Å². The molecule has 0 spiro atoms. The van der Waals surface area contributed by atoms with E-state index in [2.05, 4.69) is 63.6 Å². The van der Waals surface area contributed by atoms with Gasteiger partial charge in [-0.05, 0) is 73.0 Å². The van der Waals surface area contributed by atoms with Gasteiger partial charge in [0.25, 0.3) is 0 Å². The van der Waals surface area contributed by atoms with Gasteiger partial charge in [0.1, 0.15) is 9.83 Å². The lowest BCUT2D eigenvalue weighted by Crippen LogP contribution is -1.82. The number of aromatic nitrogens is 1. The molecule has 0 aliphatic carbocycles. The normalized spacial score (nSPS) is 11.9. The Labute approximate surface area is 219 Å². The predicted octanol–water partition coefficient (Wildman–Crippen LogP) is 11.2. The van der Waals surface area contributed by atoms with Crippen LogP contribution in [0.5, 0.6) is 0 Å².